The molecule has 0 spiro atoms. The molecule has 0 aromatic heterocycles. The molecule has 0 saturated heterocycles. The Hall–Kier alpha value is -2.09. The van der Waals surface area contributed by atoms with Gasteiger partial charge in [0.05, 0.1) is 17.3 Å². The van der Waals surface area contributed by atoms with Gasteiger partial charge in [-0.15, -0.1) is 0 Å². The number of nitrogens with one attached hydrogen (secondary N) is 1. The number of rotatable bonds is 4. The van der Waals surface area contributed by atoms with Gasteiger partial charge in [-0.2, -0.15) is 5.26 Å². The quantitative estimate of drug-likeness (QED) is 0.841. The fourth-order valence-corrected chi connectivity index (χ4v) is 1.28. The first kappa shape index (κ1) is 13.0. The lowest BCUT2D eigenvalue weighted by molar-refractivity contribution is -0.141. The van der Waals surface area contributed by atoms with Gasteiger partial charge in [-0.05, 0) is 31.5 Å². The van der Waals surface area contributed by atoms with Crippen LogP contribution in [0.3, 0.4) is 0 Å². The second-order valence-electron chi connectivity index (χ2n) is 3.92. The molecular formula is C12H13FN2O2. The van der Waals surface area contributed by atoms with Crippen molar-refractivity contribution in [2.75, 3.05) is 5.32 Å². The number of carboxylic acids is 1. The SMILES string of the molecule is CCC(C)(Nc1ccc(C#N)cc1F)C(=O)O. The van der Waals surface area contributed by atoms with Gasteiger partial charge in [0.2, 0.25) is 0 Å². The highest BCUT2D eigenvalue weighted by Gasteiger charge is 2.31. The van der Waals surface area contributed by atoms with Crippen molar-refractivity contribution in [3.05, 3.63) is 29.6 Å². The number of nitriles is 1. The van der Waals surface area contributed by atoms with Crippen molar-refractivity contribution in [2.45, 2.75) is 25.8 Å². The summed E-state index contributed by atoms with van der Waals surface area (Å²) in [4.78, 5) is 11.1. The summed E-state index contributed by atoms with van der Waals surface area (Å²) < 4.78 is 13.6. The Kier molecular flexibility index (Phi) is 3.69. The van der Waals surface area contributed by atoms with Crippen LogP contribution in [0.25, 0.3) is 0 Å². The monoisotopic (exact) mass is 236 g/mol. The largest absolute Gasteiger partial charge is 0.480 e. The number of anilines is 1. The number of carbonyl (C=O) groups is 1. The normalized spacial score (nSPS) is 13.5. The van der Waals surface area contributed by atoms with Crippen LogP contribution >= 0.6 is 0 Å². The number of hydrogen-bond acceptors (Lipinski definition) is 3. The molecule has 0 aliphatic heterocycles. The van der Waals surface area contributed by atoms with E-state index in [1.807, 2.05) is 6.07 Å². The lowest BCUT2D eigenvalue weighted by Gasteiger charge is -2.26. The molecule has 2 N–H and O–H groups in total. The topological polar surface area (TPSA) is 73.1 Å². The Morgan fingerprint density at radius 2 is 2.29 bits per heavy atom. The molecule has 4 nitrogen and oxygen atoms in total. The van der Waals surface area contributed by atoms with Crippen LogP contribution in [-0.2, 0) is 4.79 Å². The zero-order valence-electron chi connectivity index (χ0n) is 9.62. The van der Waals surface area contributed by atoms with E-state index in [4.69, 9.17) is 10.4 Å². The second-order valence-corrected chi connectivity index (χ2v) is 3.92. The third-order valence-corrected chi connectivity index (χ3v) is 2.69. The fraction of sp³-hybridized carbons (Fsp3) is 0.333. The van der Waals surface area contributed by atoms with Gasteiger partial charge in [-0.25, -0.2) is 9.18 Å². The average Bonchev–Trinajstić information content (AvgIpc) is 2.31. The summed E-state index contributed by atoms with van der Waals surface area (Å²) in [5.74, 6) is -1.69. The second kappa shape index (κ2) is 4.83. The molecule has 17 heavy (non-hydrogen) atoms. The molecule has 1 atom stereocenters. The van der Waals surface area contributed by atoms with Crippen molar-refractivity contribution in [2.24, 2.45) is 0 Å². The van der Waals surface area contributed by atoms with Crippen molar-refractivity contribution in [3.8, 4) is 6.07 Å². The number of aliphatic carboxylic acids is 1. The summed E-state index contributed by atoms with van der Waals surface area (Å²) in [6, 6.07) is 5.68. The van der Waals surface area contributed by atoms with Gasteiger partial charge >= 0.3 is 5.97 Å². The van der Waals surface area contributed by atoms with Crippen molar-refractivity contribution in [3.63, 3.8) is 0 Å². The molecule has 0 saturated carbocycles. The van der Waals surface area contributed by atoms with Gasteiger partial charge in [0.25, 0.3) is 0 Å². The third kappa shape index (κ3) is 2.72. The van der Waals surface area contributed by atoms with Gasteiger partial charge < -0.3 is 10.4 Å². The average molecular weight is 236 g/mol. The summed E-state index contributed by atoms with van der Waals surface area (Å²) in [6.45, 7) is 3.18. The van der Waals surface area contributed by atoms with Crippen LogP contribution in [-0.4, -0.2) is 16.6 Å². The van der Waals surface area contributed by atoms with E-state index < -0.39 is 17.3 Å². The molecule has 0 aliphatic carbocycles. The molecule has 90 valence electrons. The first-order valence-corrected chi connectivity index (χ1v) is 5.14. The first-order chi connectivity index (χ1) is 7.92. The van der Waals surface area contributed by atoms with E-state index in [9.17, 15) is 9.18 Å². The summed E-state index contributed by atoms with van der Waals surface area (Å²) in [5.41, 5.74) is -0.952. The Bertz CT molecular complexity index is 482. The highest BCUT2D eigenvalue weighted by molar-refractivity contribution is 5.82. The molecule has 0 amide bonds. The van der Waals surface area contributed by atoms with Crippen molar-refractivity contribution in [1.29, 1.82) is 5.26 Å². The predicted octanol–water partition coefficient (Wildman–Crippen LogP) is 2.36. The number of nitrogens with zero attached hydrogens (tertiary/aromatic N) is 1. The molecular weight excluding hydrogens is 223 g/mol. The molecule has 1 rings (SSSR count). The summed E-state index contributed by atoms with van der Waals surface area (Å²) >= 11 is 0. The van der Waals surface area contributed by atoms with Crippen LogP contribution in [0.4, 0.5) is 10.1 Å². The Morgan fingerprint density at radius 3 is 2.71 bits per heavy atom. The van der Waals surface area contributed by atoms with Crippen LogP contribution in [0.15, 0.2) is 18.2 Å². The van der Waals surface area contributed by atoms with Gasteiger partial charge in [0, 0.05) is 0 Å². The summed E-state index contributed by atoms with van der Waals surface area (Å²) in [5, 5.41) is 20.3. The van der Waals surface area contributed by atoms with Gasteiger partial charge in [0.15, 0.2) is 0 Å². The van der Waals surface area contributed by atoms with Crippen LogP contribution in [0.1, 0.15) is 25.8 Å². The van der Waals surface area contributed by atoms with Gasteiger partial charge in [-0.3, -0.25) is 0 Å². The van der Waals surface area contributed by atoms with Crippen LogP contribution < -0.4 is 5.32 Å². The van der Waals surface area contributed by atoms with E-state index in [-0.39, 0.29) is 11.3 Å². The van der Waals surface area contributed by atoms with E-state index in [0.29, 0.717) is 6.42 Å². The summed E-state index contributed by atoms with van der Waals surface area (Å²) in [7, 11) is 0. The maximum absolute atomic E-state index is 13.6. The smallest absolute Gasteiger partial charge is 0.329 e. The zero-order valence-corrected chi connectivity index (χ0v) is 9.62. The van der Waals surface area contributed by atoms with Crippen molar-refractivity contribution < 1.29 is 14.3 Å². The van der Waals surface area contributed by atoms with Crippen LogP contribution in [0, 0.1) is 17.1 Å². The lowest BCUT2D eigenvalue weighted by atomic mass is 9.98. The minimum absolute atomic E-state index is 0.0794. The standard InChI is InChI=1S/C12H13FN2O2/c1-3-12(2,11(16)17)15-10-5-4-8(7-14)6-9(10)13/h4-6,15H,3H2,1-2H3,(H,16,17). The Balaban J connectivity index is 3.04. The highest BCUT2D eigenvalue weighted by Crippen LogP contribution is 2.22. The van der Waals surface area contributed by atoms with E-state index in [2.05, 4.69) is 5.32 Å². The van der Waals surface area contributed by atoms with Crippen LogP contribution in [0.2, 0.25) is 0 Å². The maximum Gasteiger partial charge on any atom is 0.329 e. The Labute approximate surface area is 98.7 Å². The first-order valence-electron chi connectivity index (χ1n) is 5.14. The Morgan fingerprint density at radius 1 is 1.65 bits per heavy atom. The molecule has 1 aromatic carbocycles. The number of hydrogen-bond donors (Lipinski definition) is 2. The molecule has 0 fully saturated rings. The van der Waals surface area contributed by atoms with E-state index in [0.717, 1.165) is 6.07 Å². The molecule has 1 aromatic rings. The molecule has 5 heteroatoms. The van der Waals surface area contributed by atoms with E-state index in [1.54, 1.807) is 6.92 Å². The predicted molar refractivity (Wildman–Crippen MR) is 61.1 cm³/mol. The molecule has 1 unspecified atom stereocenters. The fourth-order valence-electron chi connectivity index (χ4n) is 1.28. The van der Waals surface area contributed by atoms with E-state index in [1.165, 1.54) is 19.1 Å². The highest BCUT2D eigenvalue weighted by atomic mass is 19.1. The maximum atomic E-state index is 13.6. The van der Waals surface area contributed by atoms with Crippen LogP contribution in [0.5, 0.6) is 0 Å². The third-order valence-electron chi connectivity index (χ3n) is 2.69. The molecule has 0 bridgehead atoms. The number of halogens is 1. The number of benzene rings is 1. The minimum Gasteiger partial charge on any atom is -0.480 e. The van der Waals surface area contributed by atoms with Gasteiger partial charge in [0.1, 0.15) is 11.4 Å². The molecule has 0 heterocycles. The zero-order chi connectivity index (χ0) is 13.1. The summed E-state index contributed by atoms with van der Waals surface area (Å²) in [6.07, 6.45) is 0.307. The van der Waals surface area contributed by atoms with E-state index >= 15 is 0 Å². The van der Waals surface area contributed by atoms with Gasteiger partial charge in [-0.1, -0.05) is 6.92 Å². The molecule has 0 aliphatic rings. The van der Waals surface area contributed by atoms with Crippen molar-refractivity contribution >= 4 is 11.7 Å². The molecule has 0 radical (unpaired) electrons. The lowest BCUT2D eigenvalue weighted by Crippen LogP contribution is -2.42. The number of carboxylic acid groups (broad SMARTS) is 1. The minimum atomic E-state index is -1.23. The van der Waals surface area contributed by atoms with Crippen molar-refractivity contribution in [1.82, 2.24) is 0 Å².